The summed E-state index contributed by atoms with van der Waals surface area (Å²) < 4.78 is 109. The smallest absolute Gasteiger partial charge is 0.410 e. The van der Waals surface area contributed by atoms with Gasteiger partial charge in [-0.15, -0.1) is 13.2 Å². The zero-order chi connectivity index (χ0) is 75.8. The molecule has 2 aromatic rings. The molecule has 8 N–H and O–H groups in total. The summed E-state index contributed by atoms with van der Waals surface area (Å²) in [6, 6.07) is 3.64. The third-order valence-electron chi connectivity index (χ3n) is 20.3. The Morgan fingerprint density at radius 2 is 1.09 bits per heavy atom. The normalized spacial score (nSPS) is 28.4. The number of halogens is 3. The first-order valence-electron chi connectivity index (χ1n) is 35.3. The maximum Gasteiger partial charge on any atom is 0.410 e. The van der Waals surface area contributed by atoms with Gasteiger partial charge in [0.05, 0.1) is 42.8 Å². The van der Waals surface area contributed by atoms with Crippen LogP contribution in [0.15, 0.2) is 73.9 Å². The van der Waals surface area contributed by atoms with Crippen molar-refractivity contribution in [3.05, 3.63) is 108 Å². The highest BCUT2D eigenvalue weighted by Gasteiger charge is 2.64. The van der Waals surface area contributed by atoms with Gasteiger partial charge in [0, 0.05) is 55.3 Å². The summed E-state index contributed by atoms with van der Waals surface area (Å²) in [4.78, 5) is 138. The fourth-order valence-electron chi connectivity index (χ4n) is 14.2. The van der Waals surface area contributed by atoms with Gasteiger partial charge in [-0.25, -0.2) is 54.3 Å². The van der Waals surface area contributed by atoms with Crippen molar-refractivity contribution in [1.29, 1.82) is 0 Å². The number of benzene rings is 2. The maximum absolute atomic E-state index is 14.5. The number of nitrogens with one attached hydrogen (secondary N) is 5. The number of quaternary nitrogens is 1. The molecule has 0 aromatic heterocycles. The van der Waals surface area contributed by atoms with Gasteiger partial charge in [-0.1, -0.05) is 67.8 Å². The van der Waals surface area contributed by atoms with Crippen LogP contribution in [0, 0.1) is 23.5 Å². The lowest BCUT2D eigenvalue weighted by Gasteiger charge is -2.34. The molecule has 105 heavy (non-hydrogen) atoms. The van der Waals surface area contributed by atoms with E-state index in [2.05, 4.69) is 44.3 Å². The lowest BCUT2D eigenvalue weighted by molar-refractivity contribution is -0.423. The van der Waals surface area contributed by atoms with E-state index in [1.807, 2.05) is 6.08 Å². The number of nitrogens with zero attached hydrogens (tertiary/aromatic N) is 4. The molecule has 10 aliphatic rings. The van der Waals surface area contributed by atoms with Crippen molar-refractivity contribution >= 4 is 79.9 Å². The molecular formula is C71H95ClF2N10O19S2. The second-order valence-corrected chi connectivity index (χ2v) is 34.3. The SMILES string of the molecule is C=C[C@@H]1C[C@]1(NC(=O)[C@@H]1C[C@@H](OC(=O)N2Cc3cccc(F)c3C2)[C@@H]2CCCCC[C@H](NC(=O)OC(C)(C)C)C(=O)N12)C(=O)NS(=O)(=O)C1CC1.C=C[C@@H]1C[C@]1([NH3+])C(=O)NS(=O)(=O)C1CC1.COC(=O)[C@@H]1C[C@@H](OC(=O)N2Cc3cccc(F)c3C2)[C@@H]2CC/C=C/C[C@H](NC(=O)OC(C)(C)C)C(=O)N12.[Cl-]. The van der Waals surface area contributed by atoms with Gasteiger partial charge in [0.25, 0.3) is 11.8 Å². The molecule has 6 heterocycles. The van der Waals surface area contributed by atoms with Crippen molar-refractivity contribution in [2.45, 2.75) is 252 Å². The Morgan fingerprint density at radius 3 is 1.56 bits per heavy atom. The zero-order valence-electron chi connectivity index (χ0n) is 60.0. The van der Waals surface area contributed by atoms with Gasteiger partial charge in [0.2, 0.25) is 37.8 Å². The van der Waals surface area contributed by atoms with E-state index in [1.165, 1.54) is 44.9 Å². The molecule has 2 aromatic carbocycles. The van der Waals surface area contributed by atoms with Crippen molar-refractivity contribution in [1.82, 2.24) is 45.0 Å². The minimum absolute atomic E-state index is 0. The number of carbonyl (C=O) groups is 10. The Hall–Kier alpha value is -8.43. The molecule has 0 radical (unpaired) electrons. The monoisotopic (exact) mass is 1530 g/mol. The van der Waals surface area contributed by atoms with Crippen LogP contribution in [-0.4, -0.2) is 185 Å². The summed E-state index contributed by atoms with van der Waals surface area (Å²) in [7, 11) is -6.14. The second-order valence-electron chi connectivity index (χ2n) is 30.3. The minimum atomic E-state index is -3.93. The Kier molecular flexibility index (Phi) is 24.5. The number of fused-ring (bicyclic) bond motifs is 4. The van der Waals surface area contributed by atoms with Crippen LogP contribution >= 0.6 is 0 Å². The number of sulfonamides is 2. The zero-order valence-corrected chi connectivity index (χ0v) is 62.4. The van der Waals surface area contributed by atoms with E-state index < -0.39 is 168 Å². The van der Waals surface area contributed by atoms with Crippen molar-refractivity contribution in [3.63, 3.8) is 0 Å². The molecule has 0 bridgehead atoms. The van der Waals surface area contributed by atoms with E-state index in [0.717, 1.165) is 0 Å². The van der Waals surface area contributed by atoms with E-state index in [4.69, 9.17) is 23.7 Å². The first-order chi connectivity index (χ1) is 48.9. The minimum Gasteiger partial charge on any atom is -1.00 e. The molecule has 4 aliphatic carbocycles. The van der Waals surface area contributed by atoms with Gasteiger partial charge in [0.15, 0.2) is 5.54 Å². The van der Waals surface area contributed by atoms with Crippen molar-refractivity contribution < 1.29 is 115 Å². The van der Waals surface area contributed by atoms with Gasteiger partial charge in [-0.2, -0.15) is 0 Å². The van der Waals surface area contributed by atoms with Crippen LogP contribution in [0.5, 0.6) is 0 Å². The largest absolute Gasteiger partial charge is 1.00 e. The maximum atomic E-state index is 14.5. The summed E-state index contributed by atoms with van der Waals surface area (Å²) in [5.41, 5.74) is 1.95. The highest BCUT2D eigenvalue weighted by molar-refractivity contribution is 7.91. The molecule has 3 saturated heterocycles. The van der Waals surface area contributed by atoms with Crippen LogP contribution in [-0.2, 0) is 98.7 Å². The standard InChI is InChI=1S/C35H46FN5O9S.C27H34FN3O7.C9H14N2O3S.ClH/c1-5-21-17-35(21,31(44)39-51(47,48)22-14-15-22)38-29(42)27-16-28(49-33(46)40-18-20-10-9-11-24(36)23(20)19-40)26-13-8-6-7-12-25(30(43)41(26)27)37-32(45)50-34(2,3)4;1-27(2,3)38-25(34)29-19-11-6-5-7-12-20-22(13-21(24(33)36-4)31(20)23(19)32)37-26(35)30-14-16-9-8-10-18(28)17(16)15-30;1-2-6-5-9(6,10)8(12)11-15(13,14)7-3-4-7;/h5,9-11,21-22,25-28H,1,6-8,12-19H2,2-4H3,(H,37,45)(H,38,42)(H,39,44);5-6,8-10,19-22H,7,11-15H2,1-4H3,(H,29,34);2,6-7H,1,3-5,10H2,(H,11,12);1H/b;6-5+;;/t21-,25+,26+,27+,28-,35-;19-,20-,21-,22+;6-,9-;/m101./s1. The second kappa shape index (κ2) is 31.9. The van der Waals surface area contributed by atoms with Crippen LogP contribution in [0.3, 0.4) is 0 Å². The van der Waals surface area contributed by atoms with Crippen molar-refractivity contribution in [2.24, 2.45) is 11.8 Å². The molecule has 9 amide bonds. The van der Waals surface area contributed by atoms with Crippen LogP contribution < -0.4 is 43.5 Å². The first kappa shape index (κ1) is 80.7. The number of amides is 9. The molecule has 0 unspecified atom stereocenters. The first-order valence-corrected chi connectivity index (χ1v) is 38.3. The third kappa shape index (κ3) is 18.9. The number of hydrogen-bond acceptors (Lipinski definition) is 19. The molecule has 7 fully saturated rings. The third-order valence-corrected chi connectivity index (χ3v) is 23.9. The fourth-order valence-corrected chi connectivity index (χ4v) is 16.9. The van der Waals surface area contributed by atoms with E-state index >= 15 is 0 Å². The van der Waals surface area contributed by atoms with Crippen LogP contribution in [0.4, 0.5) is 28.0 Å². The summed E-state index contributed by atoms with van der Waals surface area (Å²) in [6.07, 6.45) is 8.65. The Morgan fingerprint density at radius 1 is 0.610 bits per heavy atom. The molecule has 6 aliphatic heterocycles. The number of allylic oxidation sites excluding steroid dienone is 1. The molecule has 576 valence electrons. The topological polar surface area (TPSA) is 386 Å². The molecule has 12 rings (SSSR count). The average Bonchev–Trinajstić information content (AvgIpc) is 1.57. The van der Waals surface area contributed by atoms with Gasteiger partial charge in [-0.05, 0) is 129 Å². The fraction of sp³-hybridized carbons (Fsp3) is 0.606. The number of esters is 1. The summed E-state index contributed by atoms with van der Waals surface area (Å²) in [6.45, 7) is 17.9. The Bertz CT molecular complexity index is 4020. The lowest BCUT2D eigenvalue weighted by Crippen LogP contribution is -3.00. The summed E-state index contributed by atoms with van der Waals surface area (Å²) >= 11 is 0. The van der Waals surface area contributed by atoms with Gasteiger partial charge in [0.1, 0.15) is 64.8 Å². The van der Waals surface area contributed by atoms with Gasteiger partial charge < -0.3 is 67.6 Å². The van der Waals surface area contributed by atoms with Gasteiger partial charge in [-0.3, -0.25) is 38.5 Å². The molecular weight excluding hydrogens is 1430 g/mol. The van der Waals surface area contributed by atoms with E-state index in [0.29, 0.717) is 92.9 Å². The average molecular weight is 1530 g/mol. The predicted octanol–water partition coefficient (Wildman–Crippen LogP) is 2.35. The predicted molar refractivity (Wildman–Crippen MR) is 368 cm³/mol. The van der Waals surface area contributed by atoms with Gasteiger partial charge >= 0.3 is 30.3 Å². The van der Waals surface area contributed by atoms with E-state index in [9.17, 15) is 73.6 Å². The molecule has 0 spiro atoms. The number of methoxy groups -OCH3 is 1. The summed E-state index contributed by atoms with van der Waals surface area (Å²) in [5.74, 6) is -5.18. The van der Waals surface area contributed by atoms with Crippen LogP contribution in [0.2, 0.25) is 0 Å². The Balaban J connectivity index is 0.000000206. The molecule has 12 atom stereocenters. The van der Waals surface area contributed by atoms with E-state index in [-0.39, 0.29) is 87.7 Å². The number of hydrogen-bond donors (Lipinski definition) is 6. The van der Waals surface area contributed by atoms with Crippen LogP contribution in [0.1, 0.15) is 167 Å². The number of rotatable bonds is 15. The number of carbonyl (C=O) groups excluding carboxylic acids is 10. The molecule has 4 saturated carbocycles. The van der Waals surface area contributed by atoms with Crippen LogP contribution in [0.25, 0.3) is 0 Å². The number of alkyl carbamates (subject to hydrolysis) is 2. The number of ether oxygens (including phenoxy) is 5. The van der Waals surface area contributed by atoms with Crippen molar-refractivity contribution in [3.8, 4) is 0 Å². The summed E-state index contributed by atoms with van der Waals surface area (Å²) in [5, 5.41) is 6.99. The van der Waals surface area contributed by atoms with E-state index in [1.54, 1.807) is 78.0 Å². The quantitative estimate of drug-likeness (QED) is 0.0846. The highest BCUT2D eigenvalue weighted by atomic mass is 35.5. The highest BCUT2D eigenvalue weighted by Crippen LogP contribution is 2.47. The lowest BCUT2D eigenvalue weighted by atomic mass is 10.0. The molecule has 29 nitrogen and oxygen atoms in total. The molecule has 34 heteroatoms. The Labute approximate surface area is 615 Å². The van der Waals surface area contributed by atoms with Crippen molar-refractivity contribution in [2.75, 3.05) is 7.11 Å².